The quantitative estimate of drug-likeness (QED) is 0.713. The zero-order valence-corrected chi connectivity index (χ0v) is 15.6. The van der Waals surface area contributed by atoms with Crippen LogP contribution in [0, 0.1) is 0 Å². The Labute approximate surface area is 154 Å². The van der Waals surface area contributed by atoms with Crippen molar-refractivity contribution in [1.29, 1.82) is 0 Å². The van der Waals surface area contributed by atoms with Gasteiger partial charge in [-0.1, -0.05) is 42.5 Å². The molecular weight excluding hydrogens is 340 g/mol. The number of carbonyl (C=O) groups is 1. The molecule has 1 amide bonds. The molecule has 2 atom stereocenters. The van der Waals surface area contributed by atoms with Crippen molar-refractivity contribution in [2.45, 2.75) is 31.5 Å². The molecule has 1 N–H and O–H groups in total. The molecule has 6 nitrogen and oxygen atoms in total. The van der Waals surface area contributed by atoms with Crippen LogP contribution in [-0.2, 0) is 20.8 Å². The van der Waals surface area contributed by atoms with Crippen LogP contribution in [0.15, 0.2) is 30.3 Å². The maximum atomic E-state index is 11.9. The van der Waals surface area contributed by atoms with Gasteiger partial charge in [0.25, 0.3) is 0 Å². The van der Waals surface area contributed by atoms with Crippen LogP contribution in [0.25, 0.3) is 0 Å². The average Bonchev–Trinajstić information content (AvgIpc) is 3.02. The largest absolute Gasteiger partial charge is 0.445 e. The molecule has 0 spiro atoms. The first-order chi connectivity index (χ1) is 12.2. The molecule has 1 heterocycles. The molecule has 0 radical (unpaired) electrons. The van der Waals surface area contributed by atoms with Crippen LogP contribution in [-0.4, -0.2) is 62.0 Å². The van der Waals surface area contributed by atoms with E-state index >= 15 is 0 Å². The molecule has 1 aliphatic rings. The van der Waals surface area contributed by atoms with Crippen LogP contribution in [0.4, 0.5) is 4.79 Å². The lowest BCUT2D eigenvalue weighted by molar-refractivity contribution is 0.104. The molecule has 1 aromatic carbocycles. The minimum atomic E-state index is -0.475. The minimum Gasteiger partial charge on any atom is -0.445 e. The molecule has 0 aromatic heterocycles. The number of carbonyl (C=O) groups excluding carboxylic acids is 1. The van der Waals surface area contributed by atoms with Crippen LogP contribution < -0.4 is 5.32 Å². The van der Waals surface area contributed by atoms with Gasteiger partial charge in [-0.25, -0.2) is 4.79 Å². The number of hydrogen-bond acceptors (Lipinski definition) is 5. The second-order valence-corrected chi connectivity index (χ2v) is 6.48. The fraction of sp³-hybridized carbons (Fsp3) is 0.556. The monoisotopic (exact) mass is 366 g/mol. The van der Waals surface area contributed by atoms with Gasteiger partial charge in [-0.05, 0) is 18.4 Å². The molecule has 1 aromatic rings. The second kappa shape index (κ2) is 10.3. The summed E-state index contributed by atoms with van der Waals surface area (Å²) in [4.78, 5) is 14.7. The van der Waals surface area contributed by atoms with Crippen molar-refractivity contribution < 1.29 is 19.0 Å². The maximum absolute atomic E-state index is 11.9. The summed E-state index contributed by atoms with van der Waals surface area (Å²) in [5.41, 5.74) is 0.945. The topological polar surface area (TPSA) is 60.0 Å². The molecule has 0 saturated carbocycles. The zero-order chi connectivity index (χ0) is 18.1. The second-order valence-electron chi connectivity index (χ2n) is 6.01. The van der Waals surface area contributed by atoms with Gasteiger partial charge in [-0.3, -0.25) is 0 Å². The van der Waals surface area contributed by atoms with E-state index in [1.54, 1.807) is 14.2 Å². The number of benzene rings is 1. The van der Waals surface area contributed by atoms with Crippen LogP contribution in [0.3, 0.4) is 0 Å². The van der Waals surface area contributed by atoms with Gasteiger partial charge in [-0.2, -0.15) is 0 Å². The summed E-state index contributed by atoms with van der Waals surface area (Å²) in [5.74, 6) is 0. The molecule has 1 saturated heterocycles. The number of nitrogens with zero attached hydrogens (tertiary/aromatic N) is 1. The fourth-order valence-corrected chi connectivity index (χ4v) is 3.46. The van der Waals surface area contributed by atoms with Gasteiger partial charge in [0.2, 0.25) is 0 Å². The highest BCUT2D eigenvalue weighted by atomic mass is 32.1. The van der Waals surface area contributed by atoms with E-state index in [1.807, 2.05) is 30.3 Å². The highest BCUT2D eigenvalue weighted by Gasteiger charge is 2.34. The Morgan fingerprint density at radius 1 is 1.16 bits per heavy atom. The molecule has 138 valence electrons. The number of alkyl carbamates (subject to hydrolysis) is 1. The van der Waals surface area contributed by atoms with Crippen molar-refractivity contribution in [2.24, 2.45) is 0 Å². The van der Waals surface area contributed by atoms with Gasteiger partial charge in [0.15, 0.2) is 0 Å². The van der Waals surface area contributed by atoms with E-state index < -0.39 is 6.09 Å². The van der Waals surface area contributed by atoms with Crippen molar-refractivity contribution in [2.75, 3.05) is 34.0 Å². The summed E-state index contributed by atoms with van der Waals surface area (Å²) in [6.07, 6.45) is 1.53. The lowest BCUT2D eigenvalue weighted by Crippen LogP contribution is -2.48. The molecule has 1 aliphatic heterocycles. The van der Waals surface area contributed by atoms with Crippen LogP contribution in [0.5, 0.6) is 0 Å². The number of nitrogens with one attached hydrogen (secondary N) is 1. The first-order valence-electron chi connectivity index (χ1n) is 8.39. The molecule has 1 fully saturated rings. The van der Waals surface area contributed by atoms with Crippen molar-refractivity contribution in [3.05, 3.63) is 35.9 Å². The van der Waals surface area contributed by atoms with E-state index in [1.165, 1.54) is 0 Å². The van der Waals surface area contributed by atoms with Crippen LogP contribution >= 0.6 is 12.2 Å². The van der Waals surface area contributed by atoms with Crippen molar-refractivity contribution >= 4 is 23.3 Å². The Balaban J connectivity index is 1.81. The lowest BCUT2D eigenvalue weighted by Gasteiger charge is -2.32. The van der Waals surface area contributed by atoms with E-state index in [0.717, 1.165) is 18.4 Å². The van der Waals surface area contributed by atoms with E-state index in [4.69, 9.17) is 26.4 Å². The number of hydrogen-bond donors (Lipinski definition) is 1. The Kier molecular flexibility index (Phi) is 8.11. The first-order valence-corrected chi connectivity index (χ1v) is 8.80. The number of rotatable bonds is 8. The average molecular weight is 366 g/mol. The van der Waals surface area contributed by atoms with Crippen LogP contribution in [0.2, 0.25) is 0 Å². The van der Waals surface area contributed by atoms with Gasteiger partial charge < -0.3 is 24.4 Å². The van der Waals surface area contributed by atoms with Gasteiger partial charge in [0.05, 0.1) is 36.8 Å². The van der Waals surface area contributed by atoms with E-state index in [9.17, 15) is 4.79 Å². The van der Waals surface area contributed by atoms with Gasteiger partial charge >= 0.3 is 6.09 Å². The van der Waals surface area contributed by atoms with Gasteiger partial charge in [0.1, 0.15) is 6.61 Å². The first kappa shape index (κ1) is 19.6. The molecule has 0 bridgehead atoms. The summed E-state index contributed by atoms with van der Waals surface area (Å²) in [5, 5.41) is 2.73. The summed E-state index contributed by atoms with van der Waals surface area (Å²) in [7, 11) is 3.37. The number of likely N-dealkylation sites (tertiary alicyclic amines) is 1. The fourth-order valence-electron chi connectivity index (χ4n) is 3.09. The van der Waals surface area contributed by atoms with E-state index in [0.29, 0.717) is 18.2 Å². The summed E-state index contributed by atoms with van der Waals surface area (Å²) < 4.78 is 15.8. The van der Waals surface area contributed by atoms with Crippen LogP contribution in [0.1, 0.15) is 18.4 Å². The predicted molar refractivity (Wildman–Crippen MR) is 99.6 cm³/mol. The summed E-state index contributed by atoms with van der Waals surface area (Å²) in [6, 6.07) is 10.0. The predicted octanol–water partition coefficient (Wildman–Crippen LogP) is 2.37. The highest BCUT2D eigenvalue weighted by molar-refractivity contribution is 7.80. The zero-order valence-electron chi connectivity index (χ0n) is 14.8. The van der Waals surface area contributed by atoms with E-state index in [-0.39, 0.29) is 25.2 Å². The third kappa shape index (κ3) is 5.95. The molecule has 0 aliphatic carbocycles. The molecule has 7 heteroatoms. The maximum Gasteiger partial charge on any atom is 0.407 e. The standard InChI is InChI=1S/C18H26N2O4S/c1-22-12-15-8-9-16(13-23-2)20(15)17(25)10-19-18(21)24-11-14-6-4-3-5-7-14/h3-7,15-16H,8-13H2,1-2H3,(H,19,21)/t15-,16-/m0/s1. The Morgan fingerprint density at radius 2 is 1.76 bits per heavy atom. The molecule has 0 unspecified atom stereocenters. The van der Waals surface area contributed by atoms with Gasteiger partial charge in [0, 0.05) is 14.2 Å². The number of amides is 1. The number of ether oxygens (including phenoxy) is 3. The molecule has 25 heavy (non-hydrogen) atoms. The number of methoxy groups -OCH3 is 2. The normalized spacial score (nSPS) is 19.7. The summed E-state index contributed by atoms with van der Waals surface area (Å²) in [6.45, 7) is 1.72. The Bertz CT molecular complexity index is 541. The smallest absolute Gasteiger partial charge is 0.407 e. The Hall–Kier alpha value is -1.70. The van der Waals surface area contributed by atoms with Gasteiger partial charge in [-0.15, -0.1) is 0 Å². The SMILES string of the molecule is COC[C@@H]1CC[C@@H](COC)N1C(=S)CNC(=O)OCc1ccccc1. The van der Waals surface area contributed by atoms with Crippen molar-refractivity contribution in [3.63, 3.8) is 0 Å². The summed E-state index contributed by atoms with van der Waals surface area (Å²) >= 11 is 5.54. The minimum absolute atomic E-state index is 0.222. The molecular formula is C18H26N2O4S. The highest BCUT2D eigenvalue weighted by Crippen LogP contribution is 2.25. The van der Waals surface area contributed by atoms with Crippen molar-refractivity contribution in [1.82, 2.24) is 10.2 Å². The van der Waals surface area contributed by atoms with Crippen molar-refractivity contribution in [3.8, 4) is 0 Å². The lowest BCUT2D eigenvalue weighted by atomic mass is 10.2. The number of thiocarbonyl (C=S) groups is 1. The third-order valence-electron chi connectivity index (χ3n) is 4.22. The third-order valence-corrected chi connectivity index (χ3v) is 4.58. The Morgan fingerprint density at radius 3 is 2.32 bits per heavy atom. The molecule has 2 rings (SSSR count). The van der Waals surface area contributed by atoms with E-state index in [2.05, 4.69) is 10.2 Å².